The zero-order valence-electron chi connectivity index (χ0n) is 9.56. The molecule has 5 heteroatoms. The van der Waals surface area contributed by atoms with E-state index in [-0.39, 0.29) is 16.0 Å². The Hall–Kier alpha value is -1.84. The number of hydrogen-bond donors (Lipinski definition) is 0. The summed E-state index contributed by atoms with van der Waals surface area (Å²) in [6.07, 6.45) is 0. The number of carbonyl (C=O) groups is 1. The lowest BCUT2D eigenvalue weighted by atomic mass is 10.1. The molecule has 19 heavy (non-hydrogen) atoms. The Kier molecular flexibility index (Phi) is 3.01. The van der Waals surface area contributed by atoms with Crippen molar-refractivity contribution in [1.82, 2.24) is 0 Å². The van der Waals surface area contributed by atoms with Gasteiger partial charge < -0.3 is 4.74 Å². The van der Waals surface area contributed by atoms with Gasteiger partial charge in [0.25, 0.3) is 0 Å². The van der Waals surface area contributed by atoms with Gasteiger partial charge in [-0.3, -0.25) is 0 Å². The van der Waals surface area contributed by atoms with Crippen molar-refractivity contribution in [1.29, 1.82) is 0 Å². The summed E-state index contributed by atoms with van der Waals surface area (Å²) in [6.45, 7) is 0. The normalized spacial score (nSPS) is 17.4. The van der Waals surface area contributed by atoms with Crippen LogP contribution in [0.2, 0.25) is 0 Å². The first kappa shape index (κ1) is 12.2. The molecule has 1 aliphatic rings. The molecule has 0 atom stereocenters. The van der Waals surface area contributed by atoms with Crippen molar-refractivity contribution in [3.63, 3.8) is 0 Å². The van der Waals surface area contributed by atoms with E-state index in [1.165, 1.54) is 0 Å². The Labute approximate surface area is 119 Å². The van der Waals surface area contributed by atoms with Crippen molar-refractivity contribution in [3.8, 4) is 0 Å². The summed E-state index contributed by atoms with van der Waals surface area (Å²) < 4.78 is 4.91. The fourth-order valence-corrected chi connectivity index (χ4v) is 2.13. The maximum absolute atomic E-state index is 11.3. The van der Waals surface area contributed by atoms with Gasteiger partial charge in [0.05, 0.1) is 5.69 Å². The zero-order valence-corrected chi connectivity index (χ0v) is 11.1. The van der Waals surface area contributed by atoms with Gasteiger partial charge in [-0.2, -0.15) is 0 Å². The Morgan fingerprint density at radius 3 is 2.42 bits per heavy atom. The molecule has 2 aromatic carbocycles. The third-order valence-corrected chi connectivity index (χ3v) is 3.53. The van der Waals surface area contributed by atoms with E-state index >= 15 is 0 Å². The summed E-state index contributed by atoms with van der Waals surface area (Å²) in [7, 11) is 0. The van der Waals surface area contributed by atoms with Crippen LogP contribution in [0.3, 0.4) is 0 Å². The topological polar surface area (TPSA) is 38.7 Å². The molecule has 3 nitrogen and oxygen atoms in total. The quantitative estimate of drug-likeness (QED) is 0.742. The number of aliphatic imine (C=N–C) groups is 1. The first-order chi connectivity index (χ1) is 9.16. The van der Waals surface area contributed by atoms with Crippen LogP contribution in [-0.4, -0.2) is 11.9 Å². The summed E-state index contributed by atoms with van der Waals surface area (Å²) in [6, 6.07) is 13.4. The first-order valence-corrected chi connectivity index (χ1v) is 6.26. The van der Waals surface area contributed by atoms with Crippen LogP contribution in [0.5, 0.6) is 0 Å². The molecule has 0 aliphatic carbocycles. The van der Waals surface area contributed by atoms with Crippen LogP contribution in [0.25, 0.3) is 10.8 Å². The number of hydrogen-bond acceptors (Lipinski definition) is 3. The molecule has 0 bridgehead atoms. The molecule has 1 heterocycles. The van der Waals surface area contributed by atoms with Crippen LogP contribution in [0, 0.1) is 0 Å². The van der Waals surface area contributed by atoms with E-state index in [4.69, 9.17) is 27.9 Å². The van der Waals surface area contributed by atoms with Crippen LogP contribution in [0.4, 0.5) is 5.69 Å². The molecule has 0 radical (unpaired) electrons. The van der Waals surface area contributed by atoms with Crippen LogP contribution in [-0.2, 0) is 9.53 Å². The highest BCUT2D eigenvalue weighted by molar-refractivity contribution is 6.56. The molecular weight excluding hydrogens is 285 g/mol. The second-order valence-corrected chi connectivity index (χ2v) is 4.69. The minimum atomic E-state index is -0.675. The molecule has 0 fully saturated rings. The van der Waals surface area contributed by atoms with Crippen molar-refractivity contribution >= 4 is 51.5 Å². The molecule has 1 aliphatic heterocycles. The van der Waals surface area contributed by atoms with Gasteiger partial charge in [0.2, 0.25) is 5.90 Å². The van der Waals surface area contributed by atoms with E-state index < -0.39 is 5.97 Å². The lowest BCUT2D eigenvalue weighted by molar-refractivity contribution is -0.129. The molecule has 0 spiro atoms. The van der Waals surface area contributed by atoms with E-state index in [2.05, 4.69) is 4.99 Å². The molecule has 0 saturated carbocycles. The second kappa shape index (κ2) is 4.68. The highest BCUT2D eigenvalue weighted by Gasteiger charge is 2.29. The molecule has 3 rings (SSSR count). The number of ether oxygens (including phenoxy) is 1. The van der Waals surface area contributed by atoms with Gasteiger partial charge in [-0.05, 0) is 11.5 Å². The number of fused-ring (bicyclic) bond motifs is 1. The van der Waals surface area contributed by atoms with E-state index in [0.717, 1.165) is 10.8 Å². The maximum atomic E-state index is 11.3. The molecule has 0 amide bonds. The predicted molar refractivity (Wildman–Crippen MR) is 75.9 cm³/mol. The van der Waals surface area contributed by atoms with Crippen molar-refractivity contribution in [3.05, 3.63) is 52.5 Å². The Bertz CT molecular complexity index is 745. The summed E-state index contributed by atoms with van der Waals surface area (Å²) in [5.74, 6) is -0.640. The van der Waals surface area contributed by atoms with Gasteiger partial charge >= 0.3 is 5.97 Å². The maximum Gasteiger partial charge on any atom is 0.358 e. The fraction of sp³-hybridized carbons (Fsp3) is 0. The predicted octanol–water partition coefficient (Wildman–Crippen LogP) is 4.12. The minimum absolute atomic E-state index is 0.0352. The number of esters is 1. The highest BCUT2D eigenvalue weighted by atomic mass is 35.5. The molecule has 0 N–H and O–H groups in total. The summed E-state index contributed by atoms with van der Waals surface area (Å²) in [4.78, 5) is 15.5. The number of halogens is 2. The Morgan fingerprint density at radius 1 is 0.947 bits per heavy atom. The molecule has 94 valence electrons. The van der Waals surface area contributed by atoms with Gasteiger partial charge in [0, 0.05) is 5.39 Å². The van der Waals surface area contributed by atoms with E-state index in [1.54, 1.807) is 0 Å². The van der Waals surface area contributed by atoms with Crippen molar-refractivity contribution in [2.75, 3.05) is 0 Å². The third-order valence-electron chi connectivity index (χ3n) is 2.74. The van der Waals surface area contributed by atoms with Gasteiger partial charge in [0.15, 0.2) is 5.03 Å². The first-order valence-electron chi connectivity index (χ1n) is 5.51. The van der Waals surface area contributed by atoms with Gasteiger partial charge in [-0.15, -0.1) is 0 Å². The van der Waals surface area contributed by atoms with E-state index in [1.807, 2.05) is 42.5 Å². The second-order valence-electron chi connectivity index (χ2n) is 3.93. The number of cyclic esters (lactones) is 1. The largest absolute Gasteiger partial charge is 0.401 e. The lowest BCUT2D eigenvalue weighted by Gasteiger charge is -2.02. The molecule has 2 aromatic rings. The standard InChI is InChI=1S/C14H7Cl2NO2/c15-11-12(16)14(18)19-13(11)17-10-7-3-5-8-4-1-2-6-9(8)10/h1-7H. The Balaban J connectivity index is 2.15. The van der Waals surface area contributed by atoms with Gasteiger partial charge in [-0.1, -0.05) is 59.6 Å². The molecule has 0 saturated heterocycles. The monoisotopic (exact) mass is 291 g/mol. The third kappa shape index (κ3) is 2.11. The van der Waals surface area contributed by atoms with Gasteiger partial charge in [-0.25, -0.2) is 9.79 Å². The molecule has 0 unspecified atom stereocenters. The summed E-state index contributed by atoms with van der Waals surface area (Å²) in [5, 5.41) is 1.89. The molecule has 0 aromatic heterocycles. The van der Waals surface area contributed by atoms with E-state index in [0.29, 0.717) is 5.69 Å². The lowest BCUT2D eigenvalue weighted by Crippen LogP contribution is -2.01. The van der Waals surface area contributed by atoms with Gasteiger partial charge in [0.1, 0.15) is 5.03 Å². The van der Waals surface area contributed by atoms with Crippen LogP contribution in [0.1, 0.15) is 0 Å². The van der Waals surface area contributed by atoms with Crippen molar-refractivity contribution in [2.24, 2.45) is 4.99 Å². The highest BCUT2D eigenvalue weighted by Crippen LogP contribution is 2.30. The van der Waals surface area contributed by atoms with Crippen molar-refractivity contribution < 1.29 is 9.53 Å². The number of benzene rings is 2. The van der Waals surface area contributed by atoms with Crippen LogP contribution >= 0.6 is 23.2 Å². The van der Waals surface area contributed by atoms with Crippen LogP contribution < -0.4 is 0 Å². The Morgan fingerprint density at radius 2 is 1.68 bits per heavy atom. The number of rotatable bonds is 1. The van der Waals surface area contributed by atoms with E-state index in [9.17, 15) is 4.79 Å². The summed E-state index contributed by atoms with van der Waals surface area (Å²) in [5.41, 5.74) is 0.672. The zero-order chi connectivity index (χ0) is 13.4. The minimum Gasteiger partial charge on any atom is -0.401 e. The average Bonchev–Trinajstić information content (AvgIpc) is 2.67. The number of nitrogens with zero attached hydrogens (tertiary/aromatic N) is 1. The van der Waals surface area contributed by atoms with Crippen molar-refractivity contribution in [2.45, 2.75) is 0 Å². The smallest absolute Gasteiger partial charge is 0.358 e. The number of carbonyl (C=O) groups excluding carboxylic acids is 1. The summed E-state index contributed by atoms with van der Waals surface area (Å²) >= 11 is 11.6. The SMILES string of the molecule is O=C1OC(=Nc2cccc3ccccc23)C(Cl)=C1Cl. The molecular formula is C14H7Cl2NO2. The average molecular weight is 292 g/mol. The fourth-order valence-electron chi connectivity index (χ4n) is 1.85. The van der Waals surface area contributed by atoms with Crippen LogP contribution in [0.15, 0.2) is 57.5 Å².